The van der Waals surface area contributed by atoms with Crippen molar-refractivity contribution in [2.75, 3.05) is 23.9 Å². The zero-order valence-corrected chi connectivity index (χ0v) is 19.1. The highest BCUT2D eigenvalue weighted by Gasteiger charge is 2.52. The summed E-state index contributed by atoms with van der Waals surface area (Å²) in [6.45, 7) is 13.8. The molecule has 160 valence electrons. The van der Waals surface area contributed by atoms with Crippen molar-refractivity contribution in [1.82, 2.24) is 14.9 Å². The molecule has 2 aliphatic rings. The number of aromatic nitrogens is 2. The van der Waals surface area contributed by atoms with Crippen molar-refractivity contribution in [3.05, 3.63) is 12.4 Å². The van der Waals surface area contributed by atoms with Gasteiger partial charge in [0.15, 0.2) is 0 Å². The molecule has 0 aromatic carbocycles. The van der Waals surface area contributed by atoms with Crippen LogP contribution in [0.15, 0.2) is 12.4 Å². The Morgan fingerprint density at radius 3 is 2.38 bits per heavy atom. The highest BCUT2D eigenvalue weighted by Crippen LogP contribution is 2.36. The lowest BCUT2D eigenvalue weighted by molar-refractivity contribution is -0.129. The molecule has 2 fully saturated rings. The summed E-state index contributed by atoms with van der Waals surface area (Å²) in [4.78, 5) is 25.4. The molecule has 1 aromatic heterocycles. The van der Waals surface area contributed by atoms with Gasteiger partial charge in [0.05, 0.1) is 11.2 Å². The lowest BCUT2D eigenvalue weighted by Crippen LogP contribution is -2.53. The predicted octanol–water partition coefficient (Wildman–Crippen LogP) is 2.22. The maximum Gasteiger partial charge on any atom is 0.498 e. The molecule has 2 saturated heterocycles. The van der Waals surface area contributed by atoms with Crippen molar-refractivity contribution in [3.8, 4) is 0 Å². The van der Waals surface area contributed by atoms with Gasteiger partial charge in [-0.3, -0.25) is 4.79 Å². The first-order chi connectivity index (χ1) is 13.6. The van der Waals surface area contributed by atoms with E-state index in [0.717, 1.165) is 24.8 Å². The van der Waals surface area contributed by atoms with Crippen LogP contribution < -0.4 is 10.4 Å². The molecule has 0 radical (unpaired) electrons. The summed E-state index contributed by atoms with van der Waals surface area (Å²) in [5.41, 5.74) is 0.000419. The molecule has 0 aliphatic carbocycles. The molecule has 3 heterocycles. The fourth-order valence-electron chi connectivity index (χ4n) is 3.87. The van der Waals surface area contributed by atoms with Crippen molar-refractivity contribution < 1.29 is 14.1 Å². The summed E-state index contributed by atoms with van der Waals surface area (Å²) in [6, 6.07) is 0.368. The number of alkyl halides is 1. The number of hydrogen-bond acceptors (Lipinski definition) is 6. The maximum atomic E-state index is 12.1. The van der Waals surface area contributed by atoms with Crippen LogP contribution in [0.3, 0.4) is 0 Å². The van der Waals surface area contributed by atoms with Crippen LogP contribution in [0.5, 0.6) is 0 Å². The molecule has 1 amide bonds. The number of halogens is 1. The normalized spacial score (nSPS) is 23.5. The molecule has 0 bridgehead atoms. The minimum absolute atomic E-state index is 0.0166. The second-order valence-corrected chi connectivity index (χ2v) is 9.44. The molecule has 0 spiro atoms. The van der Waals surface area contributed by atoms with Gasteiger partial charge in [-0.1, -0.05) is 0 Å². The first-order valence-electron chi connectivity index (χ1n) is 10.4. The third-order valence-corrected chi connectivity index (χ3v) is 6.46. The van der Waals surface area contributed by atoms with E-state index in [-0.39, 0.29) is 23.9 Å². The monoisotopic (exact) mass is 422 g/mol. The number of amides is 1. The first kappa shape index (κ1) is 22.3. The maximum absolute atomic E-state index is 12.1. The number of hydrogen-bond donors (Lipinski definition) is 0. The van der Waals surface area contributed by atoms with Gasteiger partial charge >= 0.3 is 7.12 Å². The van der Waals surface area contributed by atoms with Crippen LogP contribution in [-0.2, 0) is 14.1 Å². The summed E-state index contributed by atoms with van der Waals surface area (Å²) < 4.78 is 12.2. The molecule has 0 saturated carbocycles. The van der Waals surface area contributed by atoms with Gasteiger partial charge in [0.2, 0.25) is 11.9 Å². The zero-order chi connectivity index (χ0) is 21.4. The van der Waals surface area contributed by atoms with Gasteiger partial charge < -0.3 is 19.1 Å². The SMILES string of the molecule is CC(C)N(c1ncc(B2OC(C)(C)C(C)(C)O2)cn1)[C@@H]1CCCN(C(=O)CCl)C1. The quantitative estimate of drug-likeness (QED) is 0.535. The predicted molar refractivity (Wildman–Crippen MR) is 116 cm³/mol. The van der Waals surface area contributed by atoms with Crippen LogP contribution in [0.1, 0.15) is 54.4 Å². The molecule has 2 aliphatic heterocycles. The van der Waals surface area contributed by atoms with Crippen LogP contribution >= 0.6 is 11.6 Å². The number of nitrogens with zero attached hydrogens (tertiary/aromatic N) is 4. The van der Waals surface area contributed by atoms with Gasteiger partial charge in [0, 0.05) is 43.0 Å². The van der Waals surface area contributed by atoms with Crippen molar-refractivity contribution in [2.45, 2.75) is 77.7 Å². The van der Waals surface area contributed by atoms with E-state index in [1.165, 1.54) is 0 Å². The number of anilines is 1. The molecule has 7 nitrogen and oxygen atoms in total. The lowest BCUT2D eigenvalue weighted by Gasteiger charge is -2.41. The van der Waals surface area contributed by atoms with Crippen molar-refractivity contribution in [1.29, 1.82) is 0 Å². The Morgan fingerprint density at radius 1 is 1.28 bits per heavy atom. The van der Waals surface area contributed by atoms with E-state index < -0.39 is 18.3 Å². The highest BCUT2D eigenvalue weighted by molar-refractivity contribution is 6.61. The van der Waals surface area contributed by atoms with Gasteiger partial charge in [-0.15, -0.1) is 11.6 Å². The molecule has 3 rings (SSSR count). The van der Waals surface area contributed by atoms with E-state index in [0.29, 0.717) is 12.5 Å². The third-order valence-electron chi connectivity index (χ3n) is 6.23. The van der Waals surface area contributed by atoms with E-state index in [1.54, 1.807) is 12.4 Å². The van der Waals surface area contributed by atoms with E-state index in [4.69, 9.17) is 20.9 Å². The first-order valence-corrected chi connectivity index (χ1v) is 10.9. The summed E-state index contributed by atoms with van der Waals surface area (Å²) in [5.74, 6) is 0.663. The number of likely N-dealkylation sites (tertiary alicyclic amines) is 1. The van der Waals surface area contributed by atoms with Crippen LogP contribution in [-0.4, -0.2) is 70.1 Å². The van der Waals surface area contributed by atoms with E-state index in [2.05, 4.69) is 28.7 Å². The number of carbonyl (C=O) groups is 1. The standard InChI is InChI=1S/C20H32BClN4O3/c1-14(2)26(16-8-7-9-25(13-16)17(27)10-22)18-23-11-15(12-24-18)21-28-19(3,4)20(5,6)29-21/h11-12,14,16H,7-10,13H2,1-6H3/t16-/m1/s1. The largest absolute Gasteiger partial charge is 0.498 e. The van der Waals surface area contributed by atoms with Gasteiger partial charge in [0.25, 0.3) is 0 Å². The fraction of sp³-hybridized carbons (Fsp3) is 0.750. The minimum atomic E-state index is -0.479. The van der Waals surface area contributed by atoms with Gasteiger partial charge in [-0.2, -0.15) is 0 Å². The Balaban J connectivity index is 1.77. The molecule has 1 aromatic rings. The van der Waals surface area contributed by atoms with Crippen LogP contribution in [0.2, 0.25) is 0 Å². The molecule has 9 heteroatoms. The Kier molecular flexibility index (Phi) is 6.46. The molecule has 1 atom stereocenters. The zero-order valence-electron chi connectivity index (χ0n) is 18.3. The number of piperidine rings is 1. The summed E-state index contributed by atoms with van der Waals surface area (Å²) in [5, 5.41) is 0. The lowest BCUT2D eigenvalue weighted by atomic mass is 9.81. The topological polar surface area (TPSA) is 67.8 Å². The second-order valence-electron chi connectivity index (χ2n) is 9.18. The summed E-state index contributed by atoms with van der Waals surface area (Å²) in [6.07, 6.45) is 5.50. The average molecular weight is 423 g/mol. The Hall–Kier alpha value is -1.38. The van der Waals surface area contributed by atoms with Gasteiger partial charge in [-0.25, -0.2) is 9.97 Å². The van der Waals surface area contributed by atoms with Gasteiger partial charge in [-0.05, 0) is 54.4 Å². The van der Waals surface area contributed by atoms with Crippen LogP contribution in [0.4, 0.5) is 5.95 Å². The summed E-state index contributed by atoms with van der Waals surface area (Å²) in [7, 11) is -0.479. The Morgan fingerprint density at radius 2 is 1.86 bits per heavy atom. The highest BCUT2D eigenvalue weighted by atomic mass is 35.5. The second kappa shape index (κ2) is 8.40. The van der Waals surface area contributed by atoms with E-state index >= 15 is 0 Å². The Bertz CT molecular complexity index is 713. The minimum Gasteiger partial charge on any atom is -0.399 e. The molecular formula is C20H32BClN4O3. The molecular weight excluding hydrogens is 391 g/mol. The summed E-state index contributed by atoms with van der Waals surface area (Å²) >= 11 is 5.76. The molecule has 0 N–H and O–H groups in total. The molecule has 29 heavy (non-hydrogen) atoms. The van der Waals surface area contributed by atoms with Crippen molar-refractivity contribution in [2.24, 2.45) is 0 Å². The van der Waals surface area contributed by atoms with E-state index in [1.807, 2.05) is 32.6 Å². The third kappa shape index (κ3) is 4.54. The van der Waals surface area contributed by atoms with Crippen LogP contribution in [0.25, 0.3) is 0 Å². The Labute approximate surface area is 179 Å². The number of carbonyl (C=O) groups excluding carboxylic acids is 1. The van der Waals surface area contributed by atoms with Crippen molar-refractivity contribution >= 4 is 36.0 Å². The van der Waals surface area contributed by atoms with Crippen molar-refractivity contribution in [3.63, 3.8) is 0 Å². The average Bonchev–Trinajstić information content (AvgIpc) is 2.89. The smallest absolute Gasteiger partial charge is 0.399 e. The molecule has 0 unspecified atom stereocenters. The number of rotatable bonds is 5. The fourth-order valence-corrected chi connectivity index (χ4v) is 4.04. The van der Waals surface area contributed by atoms with Crippen LogP contribution in [0, 0.1) is 0 Å². The van der Waals surface area contributed by atoms with Gasteiger partial charge in [0.1, 0.15) is 5.88 Å². The van der Waals surface area contributed by atoms with E-state index in [9.17, 15) is 4.79 Å².